The van der Waals surface area contributed by atoms with E-state index >= 15 is 0 Å². The molecule has 2 aliphatic heterocycles. The number of amides is 1. The van der Waals surface area contributed by atoms with Crippen LogP contribution < -0.4 is 5.32 Å². The Morgan fingerprint density at radius 1 is 1.24 bits per heavy atom. The molecule has 1 aliphatic carbocycles. The number of ether oxygens (including phenoxy) is 1. The third-order valence-corrected chi connectivity index (χ3v) is 4.45. The molecule has 1 unspecified atom stereocenters. The van der Waals surface area contributed by atoms with Crippen LogP contribution in [-0.2, 0) is 4.74 Å². The summed E-state index contributed by atoms with van der Waals surface area (Å²) in [6, 6.07) is 0.442. The summed E-state index contributed by atoms with van der Waals surface area (Å²) >= 11 is 0. The Hall–Kier alpha value is -0.770. The first-order chi connectivity index (χ1) is 8.29. The first-order valence-corrected chi connectivity index (χ1v) is 6.99. The zero-order valence-electron chi connectivity index (χ0n) is 10.4. The molecule has 1 atom stereocenters. The molecule has 3 aliphatic rings. The third-order valence-electron chi connectivity index (χ3n) is 4.45. The van der Waals surface area contributed by atoms with Crippen molar-refractivity contribution < 1.29 is 9.53 Å². The highest BCUT2D eigenvalue weighted by atomic mass is 16.6. The van der Waals surface area contributed by atoms with Crippen LogP contribution in [-0.4, -0.2) is 42.3 Å². The fraction of sp³-hybridized carbons (Fsp3) is 0.923. The summed E-state index contributed by atoms with van der Waals surface area (Å²) in [6.07, 6.45) is 8.25. The molecule has 0 aromatic carbocycles. The lowest BCUT2D eigenvalue weighted by molar-refractivity contribution is 0.0366. The Kier molecular flexibility index (Phi) is 2.99. The fourth-order valence-electron chi connectivity index (χ4n) is 3.48. The van der Waals surface area contributed by atoms with Gasteiger partial charge in [0.1, 0.15) is 5.60 Å². The Balaban J connectivity index is 1.68. The SMILES string of the molecule is O=C1OC2(CCCNC2)CN1C1CCCCC1. The first kappa shape index (κ1) is 11.3. The summed E-state index contributed by atoms with van der Waals surface area (Å²) in [4.78, 5) is 14.0. The molecule has 17 heavy (non-hydrogen) atoms. The molecule has 1 spiro atoms. The molecule has 0 radical (unpaired) electrons. The van der Waals surface area contributed by atoms with Gasteiger partial charge in [0.05, 0.1) is 6.54 Å². The van der Waals surface area contributed by atoms with Crippen LogP contribution in [0.3, 0.4) is 0 Å². The number of rotatable bonds is 1. The van der Waals surface area contributed by atoms with E-state index < -0.39 is 0 Å². The monoisotopic (exact) mass is 238 g/mol. The molecule has 1 saturated carbocycles. The summed E-state index contributed by atoms with van der Waals surface area (Å²) in [5, 5.41) is 3.36. The fourth-order valence-corrected chi connectivity index (χ4v) is 3.48. The number of hydrogen-bond donors (Lipinski definition) is 1. The average Bonchev–Trinajstić information content (AvgIpc) is 2.68. The number of carbonyl (C=O) groups is 1. The number of nitrogens with one attached hydrogen (secondary N) is 1. The van der Waals surface area contributed by atoms with Gasteiger partial charge in [0.2, 0.25) is 0 Å². The van der Waals surface area contributed by atoms with Crippen molar-refractivity contribution in [3.8, 4) is 0 Å². The molecule has 0 bridgehead atoms. The molecular weight excluding hydrogens is 216 g/mol. The summed E-state index contributed by atoms with van der Waals surface area (Å²) in [7, 11) is 0. The average molecular weight is 238 g/mol. The van der Waals surface area contributed by atoms with E-state index in [0.717, 1.165) is 32.5 Å². The van der Waals surface area contributed by atoms with Gasteiger partial charge in [0.15, 0.2) is 0 Å². The zero-order chi connectivity index (χ0) is 11.7. The van der Waals surface area contributed by atoms with E-state index in [0.29, 0.717) is 6.04 Å². The Labute approximate surface area is 103 Å². The van der Waals surface area contributed by atoms with Crippen LogP contribution in [0.2, 0.25) is 0 Å². The highest BCUT2D eigenvalue weighted by molar-refractivity contribution is 5.71. The van der Waals surface area contributed by atoms with Crippen LogP contribution >= 0.6 is 0 Å². The first-order valence-electron chi connectivity index (χ1n) is 6.99. The predicted octanol–water partition coefficient (Wildman–Crippen LogP) is 1.89. The second-order valence-electron chi connectivity index (χ2n) is 5.75. The highest BCUT2D eigenvalue weighted by Crippen LogP contribution is 2.33. The van der Waals surface area contributed by atoms with Crippen LogP contribution in [0.1, 0.15) is 44.9 Å². The van der Waals surface area contributed by atoms with Crippen molar-refractivity contribution in [1.29, 1.82) is 0 Å². The minimum Gasteiger partial charge on any atom is -0.440 e. The lowest BCUT2D eigenvalue weighted by atomic mass is 9.91. The topological polar surface area (TPSA) is 41.6 Å². The van der Waals surface area contributed by atoms with E-state index in [-0.39, 0.29) is 11.7 Å². The van der Waals surface area contributed by atoms with E-state index in [1.807, 2.05) is 4.90 Å². The Morgan fingerprint density at radius 3 is 2.76 bits per heavy atom. The summed E-state index contributed by atoms with van der Waals surface area (Å²) in [6.45, 7) is 2.70. The zero-order valence-corrected chi connectivity index (χ0v) is 10.4. The summed E-state index contributed by atoms with van der Waals surface area (Å²) < 4.78 is 5.68. The second kappa shape index (κ2) is 4.48. The van der Waals surface area contributed by atoms with Crippen LogP contribution in [0.5, 0.6) is 0 Å². The van der Waals surface area contributed by atoms with Gasteiger partial charge >= 0.3 is 6.09 Å². The number of hydrogen-bond acceptors (Lipinski definition) is 3. The van der Waals surface area contributed by atoms with Gasteiger partial charge in [0.25, 0.3) is 0 Å². The van der Waals surface area contributed by atoms with Gasteiger partial charge in [-0.05, 0) is 32.2 Å². The van der Waals surface area contributed by atoms with E-state index in [1.54, 1.807) is 0 Å². The van der Waals surface area contributed by atoms with E-state index in [2.05, 4.69) is 5.32 Å². The Morgan fingerprint density at radius 2 is 2.06 bits per heavy atom. The molecule has 4 nitrogen and oxygen atoms in total. The smallest absolute Gasteiger partial charge is 0.410 e. The van der Waals surface area contributed by atoms with E-state index in [4.69, 9.17) is 4.74 Å². The molecule has 0 aromatic rings. The van der Waals surface area contributed by atoms with Gasteiger partial charge in [0, 0.05) is 12.6 Å². The van der Waals surface area contributed by atoms with Gasteiger partial charge < -0.3 is 15.0 Å². The van der Waals surface area contributed by atoms with Gasteiger partial charge in [-0.2, -0.15) is 0 Å². The highest BCUT2D eigenvalue weighted by Gasteiger charge is 2.47. The quantitative estimate of drug-likeness (QED) is 0.758. The maximum atomic E-state index is 12.0. The van der Waals surface area contributed by atoms with E-state index in [1.165, 1.54) is 32.1 Å². The molecule has 96 valence electrons. The molecular formula is C13H22N2O2. The van der Waals surface area contributed by atoms with Gasteiger partial charge in [-0.3, -0.25) is 0 Å². The minimum absolute atomic E-state index is 0.0689. The lowest BCUT2D eigenvalue weighted by Gasteiger charge is -2.33. The second-order valence-corrected chi connectivity index (χ2v) is 5.75. The van der Waals surface area contributed by atoms with Gasteiger partial charge in [-0.15, -0.1) is 0 Å². The number of carbonyl (C=O) groups excluding carboxylic acids is 1. The van der Waals surface area contributed by atoms with Crippen molar-refractivity contribution in [2.45, 2.75) is 56.6 Å². The molecule has 3 rings (SSSR count). The number of nitrogens with zero attached hydrogens (tertiary/aromatic N) is 1. The van der Waals surface area contributed by atoms with Crippen LogP contribution in [0.4, 0.5) is 4.79 Å². The van der Waals surface area contributed by atoms with Crippen molar-refractivity contribution in [1.82, 2.24) is 10.2 Å². The van der Waals surface area contributed by atoms with Crippen molar-refractivity contribution in [3.63, 3.8) is 0 Å². The van der Waals surface area contributed by atoms with E-state index in [9.17, 15) is 4.79 Å². The molecule has 2 saturated heterocycles. The van der Waals surface area contributed by atoms with Crippen LogP contribution in [0, 0.1) is 0 Å². The number of piperidine rings is 1. The third kappa shape index (κ3) is 2.15. The van der Waals surface area contributed by atoms with Crippen molar-refractivity contribution in [3.05, 3.63) is 0 Å². The Bertz CT molecular complexity index is 294. The largest absolute Gasteiger partial charge is 0.440 e. The molecule has 1 N–H and O–H groups in total. The predicted molar refractivity (Wildman–Crippen MR) is 64.9 cm³/mol. The van der Waals surface area contributed by atoms with Crippen LogP contribution in [0.15, 0.2) is 0 Å². The standard InChI is InChI=1S/C13H22N2O2/c16-12-15(11-5-2-1-3-6-11)10-13(17-12)7-4-8-14-9-13/h11,14H,1-10H2. The van der Waals surface area contributed by atoms with Gasteiger partial charge in [-0.1, -0.05) is 19.3 Å². The molecule has 3 fully saturated rings. The van der Waals surface area contributed by atoms with Crippen molar-refractivity contribution >= 4 is 6.09 Å². The molecule has 0 aromatic heterocycles. The molecule has 1 amide bonds. The maximum absolute atomic E-state index is 12.0. The molecule has 4 heteroatoms. The van der Waals surface area contributed by atoms with Crippen molar-refractivity contribution in [2.75, 3.05) is 19.6 Å². The lowest BCUT2D eigenvalue weighted by Crippen LogP contribution is -2.49. The molecule has 2 heterocycles. The van der Waals surface area contributed by atoms with Crippen LogP contribution in [0.25, 0.3) is 0 Å². The summed E-state index contributed by atoms with van der Waals surface area (Å²) in [5.41, 5.74) is -0.215. The normalized spacial score (nSPS) is 35.3. The van der Waals surface area contributed by atoms with Crippen molar-refractivity contribution in [2.24, 2.45) is 0 Å². The van der Waals surface area contributed by atoms with Gasteiger partial charge in [-0.25, -0.2) is 4.79 Å². The minimum atomic E-state index is -0.215. The maximum Gasteiger partial charge on any atom is 0.410 e. The summed E-state index contributed by atoms with van der Waals surface area (Å²) in [5.74, 6) is 0.